The van der Waals surface area contributed by atoms with Crippen LogP contribution in [0.3, 0.4) is 0 Å². The van der Waals surface area contributed by atoms with Gasteiger partial charge in [-0.1, -0.05) is 54.1 Å². The molecule has 0 atom stereocenters. The summed E-state index contributed by atoms with van der Waals surface area (Å²) in [5, 5.41) is 0.837. The van der Waals surface area contributed by atoms with Crippen molar-refractivity contribution in [2.45, 2.75) is 59.0 Å². The quantitative estimate of drug-likeness (QED) is 0.209. The van der Waals surface area contributed by atoms with E-state index in [2.05, 4.69) is 48.6 Å². The van der Waals surface area contributed by atoms with Gasteiger partial charge in [-0.15, -0.1) is 0 Å². The smallest absolute Gasteiger partial charge is 0.342 e. The lowest BCUT2D eigenvalue weighted by atomic mass is 9.94. The van der Waals surface area contributed by atoms with Crippen molar-refractivity contribution >= 4 is 30.0 Å². The van der Waals surface area contributed by atoms with E-state index >= 15 is 0 Å². The number of fused-ring (bicyclic) bond motifs is 1. The van der Waals surface area contributed by atoms with Crippen LogP contribution in [-0.2, 0) is 17.8 Å². The van der Waals surface area contributed by atoms with Crippen LogP contribution in [0.4, 0.5) is 0 Å². The van der Waals surface area contributed by atoms with Crippen LogP contribution in [0.5, 0.6) is 11.5 Å². The maximum absolute atomic E-state index is 12.4. The second-order valence-corrected chi connectivity index (χ2v) is 14.3. The van der Waals surface area contributed by atoms with Crippen LogP contribution in [0, 0.1) is 6.92 Å². The minimum atomic E-state index is -1.24. The molecule has 1 aliphatic rings. The number of carbonyl (C=O) groups excluding carboxylic acids is 1. The molecular weight excluding hydrogens is 424 g/mol. The molecule has 1 heterocycles. The predicted molar refractivity (Wildman–Crippen MR) is 116 cm³/mol. The van der Waals surface area contributed by atoms with Gasteiger partial charge in [0.15, 0.2) is 0 Å². The van der Waals surface area contributed by atoms with Crippen molar-refractivity contribution in [2.75, 3.05) is 19.0 Å². The molecule has 0 radical (unpaired) electrons. The lowest BCUT2D eigenvalue weighted by molar-refractivity contribution is 0.0532. The number of hydrogen-bond donors (Lipinski definition) is 0. The topological polar surface area (TPSA) is 44.8 Å². The third kappa shape index (κ3) is 5.16. The summed E-state index contributed by atoms with van der Waals surface area (Å²) >= 11 is 3.54. The maximum atomic E-state index is 12.4. The van der Waals surface area contributed by atoms with Crippen LogP contribution < -0.4 is 9.47 Å². The van der Waals surface area contributed by atoms with Gasteiger partial charge in [0.2, 0.25) is 0 Å². The molecule has 1 aromatic rings. The largest absolute Gasteiger partial charge is 0.496 e. The number of methoxy groups -OCH3 is 1. The Kier molecular flexibility index (Phi) is 7.57. The van der Waals surface area contributed by atoms with Gasteiger partial charge in [-0.25, -0.2) is 4.79 Å². The van der Waals surface area contributed by atoms with Crippen molar-refractivity contribution in [3.05, 3.63) is 33.9 Å². The van der Waals surface area contributed by atoms with Crippen molar-refractivity contribution in [3.8, 4) is 11.5 Å². The van der Waals surface area contributed by atoms with Crippen LogP contribution in [0.2, 0.25) is 25.7 Å². The molecule has 6 heteroatoms. The molecule has 0 bridgehead atoms. The van der Waals surface area contributed by atoms with Crippen molar-refractivity contribution in [3.63, 3.8) is 0 Å². The Bertz CT molecular complexity index is 729. The lowest BCUT2D eigenvalue weighted by Gasteiger charge is -2.21. The number of ether oxygens (including phenoxy) is 3. The van der Waals surface area contributed by atoms with E-state index in [4.69, 9.17) is 14.2 Å². The zero-order valence-corrected chi connectivity index (χ0v) is 19.9. The van der Waals surface area contributed by atoms with E-state index in [1.165, 1.54) is 5.57 Å². The zero-order chi connectivity index (χ0) is 20.2. The van der Waals surface area contributed by atoms with E-state index in [0.29, 0.717) is 30.9 Å². The van der Waals surface area contributed by atoms with E-state index < -0.39 is 8.07 Å². The summed E-state index contributed by atoms with van der Waals surface area (Å²) in [5.41, 5.74) is 4.70. The van der Waals surface area contributed by atoms with E-state index in [0.717, 1.165) is 40.2 Å². The third-order valence-electron chi connectivity index (χ3n) is 4.95. The molecule has 150 valence electrons. The summed E-state index contributed by atoms with van der Waals surface area (Å²) in [6.07, 6.45) is 3.84. The molecule has 0 amide bonds. The fourth-order valence-electron chi connectivity index (χ4n) is 3.17. The fourth-order valence-corrected chi connectivity index (χ4v) is 4.51. The van der Waals surface area contributed by atoms with Crippen LogP contribution in [0.25, 0.3) is 0 Å². The first kappa shape index (κ1) is 22.0. The van der Waals surface area contributed by atoms with Crippen molar-refractivity contribution in [1.29, 1.82) is 0 Å². The number of esters is 1. The van der Waals surface area contributed by atoms with E-state index in [1.807, 2.05) is 6.92 Å². The molecule has 0 unspecified atom stereocenters. The van der Waals surface area contributed by atoms with E-state index in [1.54, 1.807) is 7.11 Å². The Balaban J connectivity index is 2.53. The number of cyclic esters (lactones) is 1. The first-order valence-electron chi connectivity index (χ1n) is 9.49. The van der Waals surface area contributed by atoms with Gasteiger partial charge in [-0.3, -0.25) is 0 Å². The number of alkyl halides is 1. The Hall–Kier alpha value is -1.27. The first-order valence-corrected chi connectivity index (χ1v) is 14.3. The average molecular weight is 455 g/mol. The number of benzene rings is 1. The Labute approximate surface area is 172 Å². The van der Waals surface area contributed by atoms with Crippen molar-refractivity contribution in [2.24, 2.45) is 0 Å². The third-order valence-corrected chi connectivity index (χ3v) is 7.37. The molecule has 0 aromatic heterocycles. The highest BCUT2D eigenvalue weighted by Crippen LogP contribution is 2.43. The Morgan fingerprint density at radius 1 is 1.30 bits per heavy atom. The minimum Gasteiger partial charge on any atom is -0.496 e. The Morgan fingerprint density at radius 2 is 2.00 bits per heavy atom. The molecule has 1 aromatic carbocycles. The predicted octanol–water partition coefficient (Wildman–Crippen LogP) is 5.66. The number of carbonyl (C=O) groups is 1. The van der Waals surface area contributed by atoms with Gasteiger partial charge in [0.1, 0.15) is 23.7 Å². The molecule has 2 rings (SSSR count). The lowest BCUT2D eigenvalue weighted by Crippen LogP contribution is -2.23. The standard InChI is InChI=1S/C21H31BrO4Si/c1-7-15(12-22)8-9-16-19(24-3)14(2)17-13-26-21(23)18(17)20(16)25-10-11-27(4,5)6/h8H,7,9-13H2,1-6H3/b15-8+. The second-order valence-electron chi connectivity index (χ2n) is 8.11. The average Bonchev–Trinajstić information content (AvgIpc) is 2.99. The number of rotatable bonds is 9. The number of allylic oxidation sites excluding steroid dienone is 2. The van der Waals surface area contributed by atoms with Gasteiger partial charge in [-0.2, -0.15) is 0 Å². The molecule has 0 saturated carbocycles. The highest BCUT2D eigenvalue weighted by Gasteiger charge is 2.33. The highest BCUT2D eigenvalue weighted by molar-refractivity contribution is 9.09. The van der Waals surface area contributed by atoms with Crippen LogP contribution in [0.1, 0.15) is 40.4 Å². The molecule has 4 nitrogen and oxygen atoms in total. The monoisotopic (exact) mass is 454 g/mol. The minimum absolute atomic E-state index is 0.290. The number of halogens is 1. The second kappa shape index (κ2) is 9.28. The van der Waals surface area contributed by atoms with E-state index in [-0.39, 0.29) is 5.97 Å². The molecule has 27 heavy (non-hydrogen) atoms. The van der Waals surface area contributed by atoms with Crippen LogP contribution in [0.15, 0.2) is 11.6 Å². The van der Waals surface area contributed by atoms with Gasteiger partial charge < -0.3 is 14.2 Å². The molecular formula is C21H31BrO4Si. The van der Waals surface area contributed by atoms with Gasteiger partial charge in [0.25, 0.3) is 0 Å². The van der Waals surface area contributed by atoms with Gasteiger partial charge in [0, 0.05) is 24.5 Å². The maximum Gasteiger partial charge on any atom is 0.342 e. The number of hydrogen-bond acceptors (Lipinski definition) is 4. The van der Waals surface area contributed by atoms with Gasteiger partial charge in [0.05, 0.1) is 13.7 Å². The summed E-state index contributed by atoms with van der Waals surface area (Å²) < 4.78 is 17.3. The SMILES string of the molecule is CC/C(=C\Cc1c(OC)c(C)c2c(c1OCC[Si](C)(C)C)C(=O)OC2)CBr. The summed E-state index contributed by atoms with van der Waals surface area (Å²) in [6, 6.07) is 1.03. The zero-order valence-electron chi connectivity index (χ0n) is 17.3. The molecule has 1 aliphatic heterocycles. The summed E-state index contributed by atoms with van der Waals surface area (Å²) in [4.78, 5) is 12.4. The fraction of sp³-hybridized carbons (Fsp3) is 0.571. The van der Waals surface area contributed by atoms with E-state index in [9.17, 15) is 4.79 Å². The van der Waals surface area contributed by atoms with Gasteiger partial charge in [-0.05, 0) is 31.4 Å². The Morgan fingerprint density at radius 3 is 2.56 bits per heavy atom. The van der Waals surface area contributed by atoms with Crippen molar-refractivity contribution in [1.82, 2.24) is 0 Å². The summed E-state index contributed by atoms with van der Waals surface area (Å²) in [7, 11) is 0.435. The molecule has 0 spiro atoms. The van der Waals surface area contributed by atoms with Crippen LogP contribution >= 0.6 is 15.9 Å². The molecule has 0 N–H and O–H groups in total. The molecule has 0 saturated heterocycles. The van der Waals surface area contributed by atoms with Gasteiger partial charge >= 0.3 is 5.97 Å². The van der Waals surface area contributed by atoms with Crippen molar-refractivity contribution < 1.29 is 19.0 Å². The summed E-state index contributed by atoms with van der Waals surface area (Å²) in [6.45, 7) is 12.0. The highest BCUT2D eigenvalue weighted by atomic mass is 79.9. The molecule has 0 aliphatic carbocycles. The molecule has 0 fully saturated rings. The summed E-state index contributed by atoms with van der Waals surface area (Å²) in [5.74, 6) is 1.16. The van der Waals surface area contributed by atoms with Crippen LogP contribution in [-0.4, -0.2) is 33.1 Å². The first-order chi connectivity index (χ1) is 12.7. The normalized spacial score (nSPS) is 14.2.